The lowest BCUT2D eigenvalue weighted by Crippen LogP contribution is -2.28. The average Bonchev–Trinajstić information content (AvgIpc) is 3.23. The molecule has 6 nitrogen and oxygen atoms in total. The summed E-state index contributed by atoms with van der Waals surface area (Å²) in [4.78, 5) is 24.5. The number of amides is 2. The number of hydrogen-bond donors (Lipinski definition) is 3. The Balaban J connectivity index is 1.70. The first-order chi connectivity index (χ1) is 12.0. The van der Waals surface area contributed by atoms with Crippen LogP contribution in [-0.4, -0.2) is 17.9 Å². The molecule has 1 heterocycles. The van der Waals surface area contributed by atoms with Gasteiger partial charge in [-0.25, -0.2) is 0 Å². The van der Waals surface area contributed by atoms with E-state index < -0.39 is 5.91 Å². The first-order valence-electron chi connectivity index (χ1n) is 8.23. The third-order valence-corrected chi connectivity index (χ3v) is 4.65. The minimum Gasteiger partial charge on any atom is -0.459 e. The number of carbonyl (C=O) groups is 2. The lowest BCUT2D eigenvalue weighted by Gasteiger charge is -2.16. The molecule has 4 N–H and O–H groups in total. The molecule has 1 aliphatic carbocycles. The number of halogens is 1. The van der Waals surface area contributed by atoms with Gasteiger partial charge in [0.05, 0.1) is 17.6 Å². The van der Waals surface area contributed by atoms with Crippen LogP contribution in [0, 0.1) is 5.92 Å². The lowest BCUT2D eigenvalue weighted by molar-refractivity contribution is -0.117. The van der Waals surface area contributed by atoms with Crippen LogP contribution in [0.4, 0.5) is 11.4 Å². The van der Waals surface area contributed by atoms with Crippen molar-refractivity contribution in [2.24, 2.45) is 11.7 Å². The van der Waals surface area contributed by atoms with Crippen molar-refractivity contribution in [3.8, 4) is 0 Å². The van der Waals surface area contributed by atoms with Gasteiger partial charge in [0.15, 0.2) is 5.76 Å². The largest absolute Gasteiger partial charge is 0.459 e. The molecule has 2 aromatic rings. The second-order valence-electron chi connectivity index (χ2n) is 6.23. The predicted molar refractivity (Wildman–Crippen MR) is 96.7 cm³/mol. The monoisotopic (exact) mass is 361 g/mol. The van der Waals surface area contributed by atoms with Crippen LogP contribution >= 0.6 is 11.6 Å². The third-order valence-electron chi connectivity index (χ3n) is 4.41. The highest BCUT2D eigenvalue weighted by molar-refractivity contribution is 6.31. The topological polar surface area (TPSA) is 97.4 Å². The Kier molecular flexibility index (Phi) is 5.40. The number of carbonyl (C=O) groups excluding carboxylic acids is 2. The number of anilines is 2. The summed E-state index contributed by atoms with van der Waals surface area (Å²) in [5.41, 5.74) is 6.93. The maximum atomic E-state index is 12.3. The Hall–Kier alpha value is -2.31. The molecule has 0 saturated heterocycles. The molecule has 1 aromatic carbocycles. The normalized spacial score (nSPS) is 19.6. The van der Waals surface area contributed by atoms with Crippen molar-refractivity contribution < 1.29 is 14.0 Å². The Morgan fingerprint density at radius 3 is 2.72 bits per heavy atom. The summed E-state index contributed by atoms with van der Waals surface area (Å²) in [6.45, 7) is 0. The molecule has 0 aliphatic heterocycles. The molecule has 0 bridgehead atoms. The van der Waals surface area contributed by atoms with Crippen molar-refractivity contribution >= 4 is 34.8 Å². The Labute approximate surface area is 150 Å². The quantitative estimate of drug-likeness (QED) is 0.757. The lowest BCUT2D eigenvalue weighted by atomic mass is 10.00. The van der Waals surface area contributed by atoms with E-state index in [1.807, 2.05) is 0 Å². The van der Waals surface area contributed by atoms with E-state index in [-0.39, 0.29) is 23.6 Å². The highest BCUT2D eigenvalue weighted by atomic mass is 35.5. The second-order valence-corrected chi connectivity index (χ2v) is 6.66. The molecule has 0 radical (unpaired) electrons. The van der Waals surface area contributed by atoms with Crippen molar-refractivity contribution in [1.82, 2.24) is 0 Å². The van der Waals surface area contributed by atoms with Gasteiger partial charge in [-0.15, -0.1) is 0 Å². The summed E-state index contributed by atoms with van der Waals surface area (Å²) in [7, 11) is 0. The van der Waals surface area contributed by atoms with E-state index >= 15 is 0 Å². The Morgan fingerprint density at radius 2 is 2.04 bits per heavy atom. The molecule has 7 heteroatoms. The number of rotatable bonds is 5. The molecule has 1 fully saturated rings. The van der Waals surface area contributed by atoms with Crippen molar-refractivity contribution in [3.05, 3.63) is 47.4 Å². The Morgan fingerprint density at radius 1 is 1.20 bits per heavy atom. The van der Waals surface area contributed by atoms with E-state index in [0.29, 0.717) is 22.8 Å². The maximum absolute atomic E-state index is 12.3. The van der Waals surface area contributed by atoms with E-state index in [9.17, 15) is 9.59 Å². The molecule has 1 saturated carbocycles. The Bertz CT molecular complexity index is 761. The van der Waals surface area contributed by atoms with E-state index in [2.05, 4.69) is 10.6 Å². The van der Waals surface area contributed by atoms with Gasteiger partial charge in [-0.3, -0.25) is 9.59 Å². The fraction of sp³-hybridized carbons (Fsp3) is 0.333. The molecular formula is C18H20ClN3O3. The molecule has 2 amide bonds. The van der Waals surface area contributed by atoms with Crippen LogP contribution < -0.4 is 16.4 Å². The van der Waals surface area contributed by atoms with Gasteiger partial charge < -0.3 is 20.8 Å². The van der Waals surface area contributed by atoms with Crippen molar-refractivity contribution in [3.63, 3.8) is 0 Å². The molecule has 25 heavy (non-hydrogen) atoms. The number of benzene rings is 1. The summed E-state index contributed by atoms with van der Waals surface area (Å²) in [6, 6.07) is 8.15. The van der Waals surface area contributed by atoms with E-state index in [1.54, 1.807) is 30.3 Å². The first-order valence-corrected chi connectivity index (χ1v) is 8.60. The van der Waals surface area contributed by atoms with Gasteiger partial charge in [-0.2, -0.15) is 0 Å². The van der Waals surface area contributed by atoms with Gasteiger partial charge >= 0.3 is 0 Å². The molecule has 2 atom stereocenters. The van der Waals surface area contributed by atoms with Gasteiger partial charge in [-0.05, 0) is 49.1 Å². The molecule has 1 aromatic heterocycles. The van der Waals surface area contributed by atoms with Crippen LogP contribution in [-0.2, 0) is 4.79 Å². The van der Waals surface area contributed by atoms with E-state index in [0.717, 1.165) is 19.3 Å². The smallest absolute Gasteiger partial charge is 0.291 e. The molecular weight excluding hydrogens is 342 g/mol. The van der Waals surface area contributed by atoms with Crippen molar-refractivity contribution in [2.75, 3.05) is 10.6 Å². The van der Waals surface area contributed by atoms with Crippen LogP contribution in [0.1, 0.15) is 36.2 Å². The summed E-state index contributed by atoms with van der Waals surface area (Å²) in [5.74, 6) is -0.165. The number of hydrogen-bond acceptors (Lipinski definition) is 4. The highest BCUT2D eigenvalue weighted by Gasteiger charge is 2.26. The summed E-state index contributed by atoms with van der Waals surface area (Å²) in [6.07, 6.45) is 4.78. The summed E-state index contributed by atoms with van der Waals surface area (Å²) >= 11 is 6.01. The minimum absolute atomic E-state index is 0.0779. The third kappa shape index (κ3) is 4.41. The fourth-order valence-corrected chi connectivity index (χ4v) is 3.25. The van der Waals surface area contributed by atoms with Crippen LogP contribution in [0.2, 0.25) is 5.02 Å². The second kappa shape index (κ2) is 7.72. The minimum atomic E-state index is -0.416. The zero-order valence-electron chi connectivity index (χ0n) is 13.6. The standard InChI is InChI=1S/C18H20ClN3O3/c19-12-6-7-14(21-17(23)9-11-3-1-4-13(11)20)15(10-12)22-18(24)16-5-2-8-25-16/h2,5-8,10-11,13H,1,3-4,9,20H2,(H,21,23)(H,22,24)/t11-,13+/m0/s1. The number of furan rings is 1. The van der Waals surface area contributed by atoms with Gasteiger partial charge in [0, 0.05) is 17.5 Å². The molecule has 1 aliphatic rings. The summed E-state index contributed by atoms with van der Waals surface area (Å²) in [5, 5.41) is 5.99. The van der Waals surface area contributed by atoms with Gasteiger partial charge in [-0.1, -0.05) is 18.0 Å². The van der Waals surface area contributed by atoms with E-state index in [1.165, 1.54) is 6.26 Å². The van der Waals surface area contributed by atoms with Crippen LogP contribution in [0.25, 0.3) is 0 Å². The molecule has 132 valence electrons. The molecule has 3 rings (SSSR count). The number of nitrogens with one attached hydrogen (secondary N) is 2. The van der Waals surface area contributed by atoms with Crippen LogP contribution in [0.15, 0.2) is 41.0 Å². The average molecular weight is 362 g/mol. The van der Waals surface area contributed by atoms with Gasteiger partial charge in [0.1, 0.15) is 0 Å². The SMILES string of the molecule is N[C@@H]1CCC[C@H]1CC(=O)Nc1ccc(Cl)cc1NC(=O)c1ccco1. The fourth-order valence-electron chi connectivity index (χ4n) is 3.08. The molecule has 0 unspecified atom stereocenters. The van der Waals surface area contributed by atoms with Crippen molar-refractivity contribution in [1.29, 1.82) is 0 Å². The van der Waals surface area contributed by atoms with Gasteiger partial charge in [0.25, 0.3) is 5.91 Å². The molecule has 0 spiro atoms. The zero-order valence-corrected chi connectivity index (χ0v) is 14.4. The highest BCUT2D eigenvalue weighted by Crippen LogP contribution is 2.29. The van der Waals surface area contributed by atoms with Gasteiger partial charge in [0.2, 0.25) is 5.91 Å². The zero-order chi connectivity index (χ0) is 17.8. The predicted octanol–water partition coefficient (Wildman–Crippen LogP) is 3.64. The van der Waals surface area contributed by atoms with E-state index in [4.69, 9.17) is 21.8 Å². The van der Waals surface area contributed by atoms with Crippen LogP contribution in [0.3, 0.4) is 0 Å². The van der Waals surface area contributed by atoms with Crippen LogP contribution in [0.5, 0.6) is 0 Å². The first kappa shape index (κ1) is 17.5. The summed E-state index contributed by atoms with van der Waals surface area (Å²) < 4.78 is 5.07. The van der Waals surface area contributed by atoms with Crippen molar-refractivity contribution in [2.45, 2.75) is 31.7 Å². The number of nitrogens with two attached hydrogens (primary N) is 1. The maximum Gasteiger partial charge on any atom is 0.291 e.